The van der Waals surface area contributed by atoms with Crippen LogP contribution in [0.1, 0.15) is 191 Å². The van der Waals surface area contributed by atoms with Gasteiger partial charge in [0, 0.05) is 43.5 Å². The first-order chi connectivity index (χ1) is 38.3. The van der Waals surface area contributed by atoms with E-state index in [1.165, 1.54) is 66.6 Å². The molecule has 8 aromatic rings. The number of aryl methyl sites for hydroxylation is 1. The van der Waals surface area contributed by atoms with Gasteiger partial charge in [0.25, 0.3) is 6.71 Å². The summed E-state index contributed by atoms with van der Waals surface area (Å²) in [5.74, 6) is 0. The van der Waals surface area contributed by atoms with E-state index in [0.29, 0.717) is 5.56 Å². The van der Waals surface area contributed by atoms with Crippen molar-refractivity contribution in [3.05, 3.63) is 208 Å². The minimum Gasteiger partial charge on any atom is -0.311 e. The van der Waals surface area contributed by atoms with Gasteiger partial charge in [0.2, 0.25) is 0 Å². The summed E-state index contributed by atoms with van der Waals surface area (Å²) in [6.45, 7) is 35.1. The molecule has 0 bridgehead atoms. The van der Waals surface area contributed by atoms with E-state index in [0.717, 1.165) is 76.4 Å². The van der Waals surface area contributed by atoms with Gasteiger partial charge < -0.3 is 9.80 Å². The largest absolute Gasteiger partial charge is 0.311 e. The van der Waals surface area contributed by atoms with E-state index < -0.39 is 6.85 Å². The number of anilines is 6. The van der Waals surface area contributed by atoms with Gasteiger partial charge >= 0.3 is 0 Å². The van der Waals surface area contributed by atoms with Crippen LogP contribution < -0.4 is 26.2 Å². The summed E-state index contributed by atoms with van der Waals surface area (Å²) in [6.07, 6.45) is 4.39. The highest BCUT2D eigenvalue weighted by molar-refractivity contribution is 7.00. The van der Waals surface area contributed by atoms with E-state index >= 15 is 0 Å². The maximum atomic E-state index is 9.38. The average Bonchev–Trinajstić information content (AvgIpc) is 1.36. The molecule has 8 aromatic carbocycles. The minimum absolute atomic E-state index is 0.0248. The molecule has 2 aliphatic carbocycles. The van der Waals surface area contributed by atoms with Crippen molar-refractivity contribution < 1.29 is 4.11 Å². The minimum atomic E-state index is -2.41. The smallest absolute Gasteiger partial charge is 0.252 e. The van der Waals surface area contributed by atoms with Gasteiger partial charge in [-0.05, 0) is 197 Å². The van der Waals surface area contributed by atoms with Crippen LogP contribution in [-0.4, -0.2) is 6.71 Å². The van der Waals surface area contributed by atoms with Gasteiger partial charge in [-0.15, -0.1) is 0 Å². The van der Waals surface area contributed by atoms with E-state index in [1.807, 2.05) is 12.1 Å². The molecule has 402 valence electrons. The summed E-state index contributed by atoms with van der Waals surface area (Å²) >= 11 is 0. The molecule has 2 aliphatic heterocycles. The number of hydrogen-bond donors (Lipinski definition) is 0. The number of benzene rings is 8. The van der Waals surface area contributed by atoms with E-state index in [1.54, 1.807) is 0 Å². The van der Waals surface area contributed by atoms with Gasteiger partial charge in [-0.3, -0.25) is 0 Å². The number of nitrogens with zero attached hydrogens (tertiary/aromatic N) is 2. The third-order valence-corrected chi connectivity index (χ3v) is 19.7. The van der Waals surface area contributed by atoms with Crippen molar-refractivity contribution in [2.24, 2.45) is 0 Å². The maximum absolute atomic E-state index is 9.38. The Morgan fingerprint density at radius 2 is 0.886 bits per heavy atom. The van der Waals surface area contributed by atoms with E-state index in [2.05, 4.69) is 266 Å². The standard InChI is InChI=1S/C76H85BN2/c1-48-41-67-69-68(42-48)79(64-35-31-54(71(5,6)7)43-57(64)51-25-23-49(24-26-51)50-27-29-52(30-28-50)70(2,3)4)65-36-32-55(76(16,17)53-21-19-18-20-22-53)44-62(65)77(69)63-46-60-61(75(14,15)40-39-74(60,12)13)47-66(63)78(67)56-33-34-58-59(45-56)73(10,11)38-37-72(58,8)9/h18-36,41-47H,37-40H2,1-17H3/i1D3. The second-order valence-corrected chi connectivity index (χ2v) is 29.4. The van der Waals surface area contributed by atoms with Crippen molar-refractivity contribution in [2.75, 3.05) is 9.80 Å². The lowest BCUT2D eigenvalue weighted by Crippen LogP contribution is -2.62. The molecule has 0 spiro atoms. The maximum Gasteiger partial charge on any atom is 0.252 e. The molecule has 0 aromatic heterocycles. The van der Waals surface area contributed by atoms with Crippen molar-refractivity contribution in [2.45, 2.75) is 181 Å². The second kappa shape index (κ2) is 18.0. The lowest BCUT2D eigenvalue weighted by atomic mass is 9.33. The Morgan fingerprint density at radius 1 is 0.392 bits per heavy atom. The van der Waals surface area contributed by atoms with Gasteiger partial charge in [-0.25, -0.2) is 0 Å². The molecule has 0 saturated heterocycles. The Labute approximate surface area is 480 Å². The Morgan fingerprint density at radius 3 is 1.48 bits per heavy atom. The Hall–Kier alpha value is -6.58. The normalized spacial score (nSPS) is 18.3. The summed E-state index contributed by atoms with van der Waals surface area (Å²) in [4.78, 5) is 4.94. The van der Waals surface area contributed by atoms with E-state index in [9.17, 15) is 4.11 Å². The fraction of sp³-hybridized carbons (Fsp3) is 0.368. The van der Waals surface area contributed by atoms with Crippen molar-refractivity contribution >= 4 is 57.2 Å². The van der Waals surface area contributed by atoms with Crippen LogP contribution in [0.5, 0.6) is 0 Å². The highest BCUT2D eigenvalue weighted by atomic mass is 15.2. The molecule has 3 heteroatoms. The lowest BCUT2D eigenvalue weighted by molar-refractivity contribution is 0.332. The molecule has 4 aliphatic rings. The first-order valence-electron chi connectivity index (χ1n) is 30.9. The summed E-state index contributed by atoms with van der Waals surface area (Å²) < 4.78 is 28.2. The molecule has 0 saturated carbocycles. The van der Waals surface area contributed by atoms with Crippen LogP contribution in [0.15, 0.2) is 158 Å². The third kappa shape index (κ3) is 8.74. The zero-order chi connectivity index (χ0) is 58.6. The zero-order valence-electron chi connectivity index (χ0n) is 53.3. The number of rotatable bonds is 6. The fourth-order valence-corrected chi connectivity index (χ4v) is 14.2. The molecule has 79 heavy (non-hydrogen) atoms. The van der Waals surface area contributed by atoms with Crippen molar-refractivity contribution in [1.29, 1.82) is 0 Å². The number of hydrogen-bond acceptors (Lipinski definition) is 2. The van der Waals surface area contributed by atoms with Crippen LogP contribution in [0.2, 0.25) is 0 Å². The molecule has 12 rings (SSSR count). The molecular formula is C76H85BN2. The summed E-state index contributed by atoms with van der Waals surface area (Å²) in [6, 6.07) is 59.7. The predicted octanol–water partition coefficient (Wildman–Crippen LogP) is 19.0. The SMILES string of the molecule is [2H]C([2H])([2H])c1cc2c3c(c1)N(c1ccc(C(C)(C)C)cc1-c1ccc(-c4ccc(C(C)(C)C)cc4)cc1)c1ccc(C(C)(C)c4ccccc4)cc1B3c1cc3c(cc1N2c1ccc2c(c1)C(C)(C)CCC2(C)C)C(C)(C)CCC3(C)C. The van der Waals surface area contributed by atoms with Crippen LogP contribution in [0.25, 0.3) is 22.3 Å². The van der Waals surface area contributed by atoms with Crippen LogP contribution in [-0.2, 0) is 37.9 Å². The molecule has 2 heterocycles. The first-order valence-corrected chi connectivity index (χ1v) is 29.4. The van der Waals surface area contributed by atoms with Gasteiger partial charge in [0.15, 0.2) is 0 Å². The average molecular weight is 1040 g/mol. The van der Waals surface area contributed by atoms with E-state index in [4.69, 9.17) is 0 Å². The Balaban J connectivity index is 1.18. The highest BCUT2D eigenvalue weighted by Gasteiger charge is 2.48. The molecule has 0 radical (unpaired) electrons. The van der Waals surface area contributed by atoms with Crippen molar-refractivity contribution in [3.63, 3.8) is 0 Å². The molecule has 0 fully saturated rings. The second-order valence-electron chi connectivity index (χ2n) is 29.4. The van der Waals surface area contributed by atoms with Crippen molar-refractivity contribution in [3.8, 4) is 22.3 Å². The van der Waals surface area contributed by atoms with Gasteiger partial charge in [-0.2, -0.15) is 0 Å². The molecule has 2 nitrogen and oxygen atoms in total. The van der Waals surface area contributed by atoms with Gasteiger partial charge in [-0.1, -0.05) is 220 Å². The molecule has 0 N–H and O–H groups in total. The third-order valence-electron chi connectivity index (χ3n) is 19.7. The summed E-state index contributed by atoms with van der Waals surface area (Å²) in [7, 11) is 0. The van der Waals surface area contributed by atoms with Crippen LogP contribution in [0, 0.1) is 6.85 Å². The van der Waals surface area contributed by atoms with Crippen molar-refractivity contribution in [1.82, 2.24) is 0 Å². The summed E-state index contributed by atoms with van der Waals surface area (Å²) in [5, 5.41) is 0. The van der Waals surface area contributed by atoms with Crippen LogP contribution >= 0.6 is 0 Å². The van der Waals surface area contributed by atoms with Crippen LogP contribution in [0.4, 0.5) is 34.1 Å². The number of fused-ring (bicyclic) bond motifs is 6. The highest BCUT2D eigenvalue weighted by Crippen LogP contribution is 2.54. The lowest BCUT2D eigenvalue weighted by Gasteiger charge is -2.48. The Kier molecular flexibility index (Phi) is 11.2. The van der Waals surface area contributed by atoms with Gasteiger partial charge in [0.1, 0.15) is 0 Å². The van der Waals surface area contributed by atoms with Gasteiger partial charge in [0.05, 0.1) is 5.69 Å². The molecule has 0 unspecified atom stereocenters. The Bertz CT molecular complexity index is 3840. The molecular weight excluding hydrogens is 952 g/mol. The predicted molar refractivity (Wildman–Crippen MR) is 343 cm³/mol. The van der Waals surface area contributed by atoms with E-state index in [-0.39, 0.29) is 44.6 Å². The quantitative estimate of drug-likeness (QED) is 0.153. The molecule has 0 amide bonds. The van der Waals surface area contributed by atoms with Crippen LogP contribution in [0.3, 0.4) is 0 Å². The summed E-state index contributed by atoms with van der Waals surface area (Å²) in [5.41, 5.74) is 24.7. The fourth-order valence-electron chi connectivity index (χ4n) is 14.2. The topological polar surface area (TPSA) is 6.48 Å². The zero-order valence-corrected chi connectivity index (χ0v) is 50.3. The monoisotopic (exact) mass is 1040 g/mol. The molecule has 0 atom stereocenters. The first kappa shape index (κ1) is 49.5.